The molecule has 15 heavy (non-hydrogen) atoms. The van der Waals surface area contributed by atoms with Crippen LogP contribution in [0.5, 0.6) is 5.75 Å². The Kier molecular flexibility index (Phi) is 4.63. The van der Waals surface area contributed by atoms with Gasteiger partial charge in [-0.1, -0.05) is 12.1 Å². The van der Waals surface area contributed by atoms with Crippen LogP contribution in [0, 0.1) is 0 Å². The first kappa shape index (κ1) is 11.5. The highest BCUT2D eigenvalue weighted by Crippen LogP contribution is 2.12. The number of hydrogen-bond donors (Lipinski definition) is 2. The van der Waals surface area contributed by atoms with E-state index in [-0.39, 0.29) is 12.5 Å². The summed E-state index contributed by atoms with van der Waals surface area (Å²) in [4.78, 5) is 10.6. The number of carbonyl (C=O) groups excluding carboxylic acids is 1. The quantitative estimate of drug-likeness (QED) is 0.701. The fourth-order valence-electron chi connectivity index (χ4n) is 1.13. The molecule has 1 amide bonds. The van der Waals surface area contributed by atoms with Gasteiger partial charge in [0.25, 0.3) is 0 Å². The number of carbonyl (C=O) groups is 1. The summed E-state index contributed by atoms with van der Waals surface area (Å²) in [5, 5.41) is 11.5. The maximum atomic E-state index is 10.6. The Labute approximate surface area is 88.9 Å². The van der Waals surface area contributed by atoms with E-state index in [1.165, 1.54) is 6.92 Å². The Morgan fingerprint density at radius 1 is 1.53 bits per heavy atom. The van der Waals surface area contributed by atoms with Crippen LogP contribution in [0.25, 0.3) is 0 Å². The summed E-state index contributed by atoms with van der Waals surface area (Å²) in [6.07, 6.45) is 0. The number of aliphatic hydroxyl groups is 1. The van der Waals surface area contributed by atoms with E-state index in [2.05, 4.69) is 5.32 Å². The van der Waals surface area contributed by atoms with Gasteiger partial charge >= 0.3 is 0 Å². The van der Waals surface area contributed by atoms with E-state index < -0.39 is 0 Å². The van der Waals surface area contributed by atoms with Gasteiger partial charge in [0.2, 0.25) is 5.91 Å². The predicted molar refractivity (Wildman–Crippen MR) is 56.5 cm³/mol. The highest BCUT2D eigenvalue weighted by atomic mass is 16.5. The molecule has 2 N–H and O–H groups in total. The van der Waals surface area contributed by atoms with Crippen LogP contribution in [0.15, 0.2) is 24.3 Å². The van der Waals surface area contributed by atoms with Gasteiger partial charge < -0.3 is 15.2 Å². The number of nitrogens with one attached hydrogen (secondary N) is 1. The molecule has 0 aromatic heterocycles. The third-order valence-corrected chi connectivity index (χ3v) is 1.83. The first-order valence-electron chi connectivity index (χ1n) is 4.79. The lowest BCUT2D eigenvalue weighted by Gasteiger charge is -2.07. The Morgan fingerprint density at radius 2 is 2.33 bits per heavy atom. The summed E-state index contributed by atoms with van der Waals surface area (Å²) in [6.45, 7) is 2.38. The van der Waals surface area contributed by atoms with Crippen molar-refractivity contribution in [2.75, 3.05) is 13.2 Å². The van der Waals surface area contributed by atoms with Crippen molar-refractivity contribution in [3.05, 3.63) is 29.8 Å². The summed E-state index contributed by atoms with van der Waals surface area (Å²) < 4.78 is 5.37. The topological polar surface area (TPSA) is 58.6 Å². The molecule has 0 saturated heterocycles. The Morgan fingerprint density at radius 3 is 3.00 bits per heavy atom. The van der Waals surface area contributed by atoms with Gasteiger partial charge in [-0.3, -0.25) is 4.79 Å². The number of aliphatic hydroxyl groups excluding tert-OH is 1. The van der Waals surface area contributed by atoms with Gasteiger partial charge in [0.1, 0.15) is 12.4 Å². The highest BCUT2D eigenvalue weighted by molar-refractivity contribution is 5.72. The zero-order valence-electron chi connectivity index (χ0n) is 8.69. The van der Waals surface area contributed by atoms with Gasteiger partial charge in [-0.25, -0.2) is 0 Å². The van der Waals surface area contributed by atoms with E-state index in [1.807, 2.05) is 18.2 Å². The first-order chi connectivity index (χ1) is 7.22. The van der Waals surface area contributed by atoms with Crippen molar-refractivity contribution in [1.29, 1.82) is 0 Å². The van der Waals surface area contributed by atoms with Crippen molar-refractivity contribution in [3.8, 4) is 5.75 Å². The van der Waals surface area contributed by atoms with E-state index in [4.69, 9.17) is 9.84 Å². The average molecular weight is 209 g/mol. The molecule has 0 radical (unpaired) electrons. The van der Waals surface area contributed by atoms with Crippen LogP contribution in [0.3, 0.4) is 0 Å². The molecule has 4 nitrogen and oxygen atoms in total. The second-order valence-electron chi connectivity index (χ2n) is 3.14. The molecular weight excluding hydrogens is 194 g/mol. The number of hydrogen-bond acceptors (Lipinski definition) is 3. The van der Waals surface area contributed by atoms with Gasteiger partial charge in [-0.2, -0.15) is 0 Å². The molecule has 82 valence electrons. The van der Waals surface area contributed by atoms with Gasteiger partial charge in [0, 0.05) is 6.92 Å². The Bertz CT molecular complexity index is 325. The third kappa shape index (κ3) is 4.46. The fourth-order valence-corrected chi connectivity index (χ4v) is 1.13. The largest absolute Gasteiger partial charge is 0.492 e. The molecular formula is C11H15NO3. The highest BCUT2D eigenvalue weighted by Gasteiger charge is 1.96. The molecule has 0 fully saturated rings. The van der Waals surface area contributed by atoms with E-state index in [0.717, 1.165) is 5.56 Å². The summed E-state index contributed by atoms with van der Waals surface area (Å²) in [7, 11) is 0. The summed E-state index contributed by atoms with van der Waals surface area (Å²) in [5.41, 5.74) is 0.812. The summed E-state index contributed by atoms with van der Waals surface area (Å²) in [6, 6.07) is 7.22. The second kappa shape index (κ2) is 6.03. The van der Waals surface area contributed by atoms with Crippen LogP contribution in [0.1, 0.15) is 12.5 Å². The molecule has 0 bridgehead atoms. The molecule has 1 aromatic carbocycles. The molecule has 0 aliphatic heterocycles. The maximum absolute atomic E-state index is 10.6. The number of benzene rings is 1. The van der Waals surface area contributed by atoms with Crippen LogP contribution in [-0.4, -0.2) is 24.2 Å². The molecule has 0 heterocycles. The Balaban J connectivity index is 2.33. The number of rotatable bonds is 5. The van der Waals surface area contributed by atoms with Gasteiger partial charge in [-0.15, -0.1) is 0 Å². The van der Waals surface area contributed by atoms with Crippen molar-refractivity contribution in [1.82, 2.24) is 5.32 Å². The van der Waals surface area contributed by atoms with Crippen molar-refractivity contribution < 1.29 is 14.6 Å². The maximum Gasteiger partial charge on any atom is 0.216 e. The molecule has 0 atom stereocenters. The molecule has 0 aliphatic rings. The van der Waals surface area contributed by atoms with Crippen LogP contribution in [0.4, 0.5) is 0 Å². The summed E-state index contributed by atoms with van der Waals surface area (Å²) in [5.74, 6) is 0.634. The van der Waals surface area contributed by atoms with Crippen LogP contribution >= 0.6 is 0 Å². The zero-order chi connectivity index (χ0) is 11.1. The molecule has 0 spiro atoms. The van der Waals surface area contributed by atoms with Crippen molar-refractivity contribution in [2.45, 2.75) is 13.5 Å². The van der Waals surface area contributed by atoms with Crippen molar-refractivity contribution >= 4 is 5.91 Å². The van der Waals surface area contributed by atoms with Crippen LogP contribution < -0.4 is 10.1 Å². The molecule has 4 heteroatoms. The zero-order valence-corrected chi connectivity index (χ0v) is 8.69. The molecule has 0 saturated carbocycles. The minimum atomic E-state index is -0.0669. The molecule has 1 rings (SSSR count). The van der Waals surface area contributed by atoms with Crippen LogP contribution in [-0.2, 0) is 11.4 Å². The standard InChI is InChI=1S/C11H15NO3/c1-9(14)12-5-6-15-11-4-2-3-10(7-11)8-13/h2-4,7,13H,5-6,8H2,1H3,(H,12,14). The fraction of sp³-hybridized carbons (Fsp3) is 0.364. The minimum Gasteiger partial charge on any atom is -0.492 e. The van der Waals surface area contributed by atoms with Crippen LogP contribution in [0.2, 0.25) is 0 Å². The van der Waals surface area contributed by atoms with E-state index in [1.54, 1.807) is 6.07 Å². The first-order valence-corrected chi connectivity index (χ1v) is 4.79. The lowest BCUT2D eigenvalue weighted by atomic mass is 10.2. The smallest absolute Gasteiger partial charge is 0.216 e. The van der Waals surface area contributed by atoms with E-state index in [0.29, 0.717) is 18.9 Å². The minimum absolute atomic E-state index is 0.00287. The average Bonchev–Trinajstić information content (AvgIpc) is 2.24. The normalized spacial score (nSPS) is 9.73. The predicted octanol–water partition coefficient (Wildman–Crippen LogP) is 0.694. The van der Waals surface area contributed by atoms with Gasteiger partial charge in [0.15, 0.2) is 0 Å². The summed E-state index contributed by atoms with van der Waals surface area (Å²) >= 11 is 0. The van der Waals surface area contributed by atoms with E-state index >= 15 is 0 Å². The lowest BCUT2D eigenvalue weighted by molar-refractivity contribution is -0.119. The van der Waals surface area contributed by atoms with Crippen molar-refractivity contribution in [2.24, 2.45) is 0 Å². The van der Waals surface area contributed by atoms with Crippen molar-refractivity contribution in [3.63, 3.8) is 0 Å². The number of ether oxygens (including phenoxy) is 1. The second-order valence-corrected chi connectivity index (χ2v) is 3.14. The van der Waals surface area contributed by atoms with Gasteiger partial charge in [0.05, 0.1) is 13.2 Å². The molecule has 0 unspecified atom stereocenters. The monoisotopic (exact) mass is 209 g/mol. The molecule has 0 aliphatic carbocycles. The SMILES string of the molecule is CC(=O)NCCOc1cccc(CO)c1. The van der Waals surface area contributed by atoms with E-state index in [9.17, 15) is 4.79 Å². The lowest BCUT2D eigenvalue weighted by Crippen LogP contribution is -2.25. The molecule has 1 aromatic rings. The third-order valence-electron chi connectivity index (χ3n) is 1.83. The Hall–Kier alpha value is -1.55. The number of amides is 1. The van der Waals surface area contributed by atoms with Gasteiger partial charge in [-0.05, 0) is 17.7 Å².